The van der Waals surface area contributed by atoms with E-state index in [-0.39, 0.29) is 17.3 Å². The number of aliphatic hydroxyl groups excluding tert-OH is 1. The van der Waals surface area contributed by atoms with Gasteiger partial charge in [0, 0.05) is 5.57 Å². The van der Waals surface area contributed by atoms with Gasteiger partial charge in [0.1, 0.15) is 6.10 Å². The van der Waals surface area contributed by atoms with Gasteiger partial charge >= 0.3 is 11.9 Å². The maximum atomic E-state index is 11.5. The predicted octanol–water partition coefficient (Wildman–Crippen LogP) is 4.77. The number of carboxylic acids is 1. The van der Waals surface area contributed by atoms with Gasteiger partial charge in [-0.1, -0.05) is 64.2 Å². The molecular formula is C21H36O5. The van der Waals surface area contributed by atoms with Gasteiger partial charge in [0.15, 0.2) is 0 Å². The number of carboxylic acid groups (broad SMARTS) is 1. The monoisotopic (exact) mass is 368 g/mol. The highest BCUT2D eigenvalue weighted by Crippen LogP contribution is 2.26. The third-order valence-electron chi connectivity index (χ3n) is 5.10. The predicted molar refractivity (Wildman–Crippen MR) is 102 cm³/mol. The average Bonchev–Trinajstić information content (AvgIpc) is 2.86. The van der Waals surface area contributed by atoms with Gasteiger partial charge in [-0.2, -0.15) is 0 Å². The number of unbranched alkanes of at least 4 members (excludes halogenated alkanes) is 10. The van der Waals surface area contributed by atoms with Crippen molar-refractivity contribution in [1.29, 1.82) is 0 Å². The molecular weight excluding hydrogens is 332 g/mol. The minimum Gasteiger partial charge on any atom is -0.478 e. The first kappa shape index (κ1) is 22.7. The molecule has 0 aromatic heterocycles. The summed E-state index contributed by atoms with van der Waals surface area (Å²) in [6.07, 6.45) is 13.9. The number of carbonyl (C=O) groups is 2. The van der Waals surface area contributed by atoms with Gasteiger partial charge in [-0.3, -0.25) is 0 Å². The third-order valence-corrected chi connectivity index (χ3v) is 5.10. The van der Waals surface area contributed by atoms with E-state index >= 15 is 0 Å². The molecule has 1 heterocycles. The van der Waals surface area contributed by atoms with Crippen molar-refractivity contribution >= 4 is 11.9 Å². The lowest BCUT2D eigenvalue weighted by molar-refractivity contribution is -0.140. The van der Waals surface area contributed by atoms with E-state index in [1.54, 1.807) is 0 Å². The van der Waals surface area contributed by atoms with E-state index in [0.29, 0.717) is 6.42 Å². The van der Waals surface area contributed by atoms with Crippen molar-refractivity contribution in [1.82, 2.24) is 0 Å². The first-order chi connectivity index (χ1) is 12.4. The Hall–Kier alpha value is -1.36. The van der Waals surface area contributed by atoms with Crippen LogP contribution in [0, 0.1) is 0 Å². The number of carbonyl (C=O) groups excluding carboxylic acids is 1. The molecule has 0 aliphatic carbocycles. The molecule has 2 atom stereocenters. The maximum absolute atomic E-state index is 11.5. The second-order valence-electron chi connectivity index (χ2n) is 7.55. The fourth-order valence-corrected chi connectivity index (χ4v) is 3.49. The van der Waals surface area contributed by atoms with Crippen LogP contribution in [-0.4, -0.2) is 34.4 Å². The van der Waals surface area contributed by atoms with Crippen molar-refractivity contribution in [2.45, 2.75) is 110 Å². The topological polar surface area (TPSA) is 83.8 Å². The fraction of sp³-hybridized carbons (Fsp3) is 0.810. The Kier molecular flexibility index (Phi) is 11.3. The molecule has 0 aromatic rings. The van der Waals surface area contributed by atoms with Crippen LogP contribution in [-0.2, 0) is 14.3 Å². The highest BCUT2D eigenvalue weighted by molar-refractivity contribution is 6.03. The van der Waals surface area contributed by atoms with Crippen LogP contribution in [0.15, 0.2) is 11.1 Å². The first-order valence-electron chi connectivity index (χ1n) is 10.3. The lowest BCUT2D eigenvalue weighted by Gasteiger charge is -2.11. The van der Waals surface area contributed by atoms with Crippen LogP contribution in [0.3, 0.4) is 0 Å². The quantitative estimate of drug-likeness (QED) is 0.321. The second-order valence-corrected chi connectivity index (χ2v) is 7.55. The SMILES string of the molecule is CC1=C(C(=O)O)[C@H](CCCCCCCCCCCCC[C@H](C)O)OC1=O. The molecule has 0 radical (unpaired) electrons. The van der Waals surface area contributed by atoms with Crippen molar-refractivity contribution in [3.05, 3.63) is 11.1 Å². The summed E-state index contributed by atoms with van der Waals surface area (Å²) in [7, 11) is 0. The minimum atomic E-state index is -1.04. The summed E-state index contributed by atoms with van der Waals surface area (Å²) in [5.74, 6) is -1.53. The summed E-state index contributed by atoms with van der Waals surface area (Å²) in [5.41, 5.74) is 0.386. The summed E-state index contributed by atoms with van der Waals surface area (Å²) < 4.78 is 5.15. The largest absolute Gasteiger partial charge is 0.478 e. The van der Waals surface area contributed by atoms with Crippen molar-refractivity contribution in [2.75, 3.05) is 0 Å². The Labute approximate surface area is 157 Å². The van der Waals surface area contributed by atoms with Gasteiger partial charge in [0.05, 0.1) is 11.7 Å². The Balaban J connectivity index is 1.94. The number of cyclic esters (lactones) is 1. The molecule has 150 valence electrons. The summed E-state index contributed by atoms with van der Waals surface area (Å²) in [6.45, 7) is 3.38. The minimum absolute atomic E-state index is 0.142. The van der Waals surface area contributed by atoms with Crippen LogP contribution in [0.25, 0.3) is 0 Å². The number of ether oxygens (including phenoxy) is 1. The van der Waals surface area contributed by atoms with Crippen LogP contribution in [0.5, 0.6) is 0 Å². The van der Waals surface area contributed by atoms with Crippen molar-refractivity contribution in [3.8, 4) is 0 Å². The molecule has 1 rings (SSSR count). The zero-order valence-electron chi connectivity index (χ0n) is 16.5. The van der Waals surface area contributed by atoms with E-state index in [9.17, 15) is 19.8 Å². The Bertz CT molecular complexity index is 467. The molecule has 0 amide bonds. The number of aliphatic carboxylic acids is 1. The molecule has 1 aliphatic heterocycles. The number of rotatable bonds is 15. The standard InChI is InChI=1S/C21H36O5/c1-16(22)14-12-10-8-6-4-3-5-7-9-11-13-15-18-19(20(23)24)17(2)21(25)26-18/h16,18,22H,3-15H2,1-2H3,(H,23,24)/t16-,18-/m0/s1. The fourth-order valence-electron chi connectivity index (χ4n) is 3.49. The molecule has 0 fully saturated rings. The normalized spacial score (nSPS) is 18.3. The van der Waals surface area contributed by atoms with Crippen molar-refractivity contribution in [2.24, 2.45) is 0 Å². The van der Waals surface area contributed by atoms with Gasteiger partial charge in [-0.25, -0.2) is 9.59 Å². The zero-order valence-corrected chi connectivity index (χ0v) is 16.5. The number of aliphatic hydroxyl groups is 1. The number of hydrogen-bond donors (Lipinski definition) is 2. The molecule has 0 saturated heterocycles. The van der Waals surface area contributed by atoms with E-state index in [1.807, 2.05) is 6.92 Å². The van der Waals surface area contributed by atoms with Crippen LogP contribution in [0.4, 0.5) is 0 Å². The molecule has 0 bridgehead atoms. The summed E-state index contributed by atoms with van der Waals surface area (Å²) in [5, 5.41) is 18.4. The van der Waals surface area contributed by atoms with Crippen LogP contribution in [0.2, 0.25) is 0 Å². The average molecular weight is 369 g/mol. The molecule has 0 saturated carbocycles. The molecule has 1 aliphatic rings. The number of hydrogen-bond acceptors (Lipinski definition) is 4. The van der Waals surface area contributed by atoms with Crippen molar-refractivity contribution in [3.63, 3.8) is 0 Å². The lowest BCUT2D eigenvalue weighted by atomic mass is 10.00. The van der Waals surface area contributed by atoms with Gasteiger partial charge in [-0.15, -0.1) is 0 Å². The molecule has 0 aromatic carbocycles. The molecule has 5 heteroatoms. The highest BCUT2D eigenvalue weighted by atomic mass is 16.5. The molecule has 26 heavy (non-hydrogen) atoms. The lowest BCUT2D eigenvalue weighted by Crippen LogP contribution is -2.17. The second kappa shape index (κ2) is 12.9. The van der Waals surface area contributed by atoms with E-state index in [1.165, 1.54) is 51.9 Å². The first-order valence-corrected chi connectivity index (χ1v) is 10.3. The molecule has 0 spiro atoms. The summed E-state index contributed by atoms with van der Waals surface area (Å²) >= 11 is 0. The van der Waals surface area contributed by atoms with Crippen LogP contribution >= 0.6 is 0 Å². The number of esters is 1. The van der Waals surface area contributed by atoms with Gasteiger partial charge < -0.3 is 14.9 Å². The Morgan fingerprint density at radius 3 is 1.88 bits per heavy atom. The van der Waals surface area contributed by atoms with E-state index in [0.717, 1.165) is 32.1 Å². The molecule has 2 N–H and O–H groups in total. The Morgan fingerprint density at radius 1 is 0.962 bits per heavy atom. The molecule has 0 unspecified atom stereocenters. The zero-order chi connectivity index (χ0) is 19.4. The van der Waals surface area contributed by atoms with E-state index in [4.69, 9.17) is 4.74 Å². The van der Waals surface area contributed by atoms with E-state index < -0.39 is 18.0 Å². The van der Waals surface area contributed by atoms with Gasteiger partial charge in [-0.05, 0) is 33.1 Å². The Morgan fingerprint density at radius 2 is 1.42 bits per heavy atom. The van der Waals surface area contributed by atoms with E-state index in [2.05, 4.69) is 0 Å². The van der Waals surface area contributed by atoms with Crippen molar-refractivity contribution < 1.29 is 24.5 Å². The third kappa shape index (κ3) is 8.84. The van der Waals surface area contributed by atoms with Gasteiger partial charge in [0.25, 0.3) is 0 Å². The maximum Gasteiger partial charge on any atom is 0.335 e. The summed E-state index contributed by atoms with van der Waals surface area (Å²) in [4.78, 5) is 22.7. The summed E-state index contributed by atoms with van der Waals surface area (Å²) in [6, 6.07) is 0. The van der Waals surface area contributed by atoms with Gasteiger partial charge in [0.2, 0.25) is 0 Å². The molecule has 5 nitrogen and oxygen atoms in total. The highest BCUT2D eigenvalue weighted by Gasteiger charge is 2.35. The van der Waals surface area contributed by atoms with Crippen LogP contribution < -0.4 is 0 Å². The smallest absolute Gasteiger partial charge is 0.335 e. The van der Waals surface area contributed by atoms with Crippen LogP contribution in [0.1, 0.15) is 97.3 Å².